The monoisotopic (exact) mass is 414 g/mol. The van der Waals surface area contributed by atoms with E-state index >= 15 is 0 Å². The van der Waals surface area contributed by atoms with E-state index in [0.29, 0.717) is 17.8 Å². The highest BCUT2D eigenvalue weighted by molar-refractivity contribution is 5.65. The predicted octanol–water partition coefficient (Wildman–Crippen LogP) is 6.93. The maximum Gasteiger partial charge on any atom is 0.167 e. The highest BCUT2D eigenvalue weighted by Crippen LogP contribution is 2.26. The van der Waals surface area contributed by atoms with Crippen molar-refractivity contribution in [1.29, 1.82) is 0 Å². The Labute approximate surface area is 178 Å². The number of rotatable bonds is 13. The van der Waals surface area contributed by atoms with Crippen molar-refractivity contribution in [1.82, 2.24) is 9.97 Å². The fourth-order valence-corrected chi connectivity index (χ4v) is 3.10. The van der Waals surface area contributed by atoms with Gasteiger partial charge in [-0.3, -0.25) is 0 Å². The van der Waals surface area contributed by atoms with E-state index in [1.54, 1.807) is 24.3 Å². The zero-order chi connectivity index (χ0) is 21.8. The Balaban J connectivity index is 1.88. The van der Waals surface area contributed by atoms with Crippen LogP contribution in [0, 0.1) is 11.6 Å². The van der Waals surface area contributed by atoms with Crippen molar-refractivity contribution in [2.75, 3.05) is 6.61 Å². The molecule has 0 N–H and O–H groups in total. The summed E-state index contributed by atoms with van der Waals surface area (Å²) >= 11 is 0. The quantitative estimate of drug-likeness (QED) is 0.263. The van der Waals surface area contributed by atoms with Crippen molar-refractivity contribution in [3.63, 3.8) is 0 Å². The molecule has 2 aromatic rings. The SMILES string of the molecule is C=CCc1ncc(-c2ccc(C=CCCCC(C)OCCCCC)c(F)c2F)cn1. The molecule has 0 fully saturated rings. The molecular formula is C25H32F2N2O. The lowest BCUT2D eigenvalue weighted by Gasteiger charge is -2.12. The fraction of sp³-hybridized carbons (Fsp3) is 0.440. The smallest absolute Gasteiger partial charge is 0.167 e. The van der Waals surface area contributed by atoms with Crippen LogP contribution in [0.1, 0.15) is 63.8 Å². The van der Waals surface area contributed by atoms with Crippen molar-refractivity contribution in [2.45, 2.75) is 64.9 Å². The van der Waals surface area contributed by atoms with Crippen LogP contribution in [0.25, 0.3) is 17.2 Å². The molecule has 0 aliphatic carbocycles. The molecule has 2 rings (SSSR count). The van der Waals surface area contributed by atoms with Crippen molar-refractivity contribution in [2.24, 2.45) is 0 Å². The van der Waals surface area contributed by atoms with Gasteiger partial charge in [0.25, 0.3) is 0 Å². The molecule has 0 saturated carbocycles. The van der Waals surface area contributed by atoms with Crippen molar-refractivity contribution >= 4 is 6.08 Å². The van der Waals surface area contributed by atoms with Crippen LogP contribution >= 0.6 is 0 Å². The number of nitrogens with zero attached hydrogens (tertiary/aromatic N) is 2. The van der Waals surface area contributed by atoms with E-state index in [1.807, 2.05) is 6.08 Å². The summed E-state index contributed by atoms with van der Waals surface area (Å²) < 4.78 is 34.8. The van der Waals surface area contributed by atoms with Crippen LogP contribution in [0.15, 0.2) is 43.3 Å². The molecule has 1 aromatic heterocycles. The summed E-state index contributed by atoms with van der Waals surface area (Å²) in [5.41, 5.74) is 0.843. The van der Waals surface area contributed by atoms with E-state index in [9.17, 15) is 8.78 Å². The molecule has 1 heterocycles. The lowest BCUT2D eigenvalue weighted by atomic mass is 10.0. The first kappa shape index (κ1) is 23.9. The van der Waals surface area contributed by atoms with Gasteiger partial charge in [0.15, 0.2) is 11.6 Å². The first-order valence-corrected chi connectivity index (χ1v) is 10.7. The summed E-state index contributed by atoms with van der Waals surface area (Å²) in [6.07, 6.45) is 15.2. The Morgan fingerprint density at radius 1 is 1.10 bits per heavy atom. The summed E-state index contributed by atoms with van der Waals surface area (Å²) in [5.74, 6) is -1.15. The molecule has 0 saturated heterocycles. The van der Waals surface area contributed by atoms with Gasteiger partial charge < -0.3 is 4.74 Å². The molecule has 0 radical (unpaired) electrons. The Morgan fingerprint density at radius 3 is 2.57 bits per heavy atom. The van der Waals surface area contributed by atoms with Gasteiger partial charge in [-0.2, -0.15) is 0 Å². The molecule has 1 unspecified atom stereocenters. The average molecular weight is 415 g/mol. The topological polar surface area (TPSA) is 35.0 Å². The van der Waals surface area contributed by atoms with Crippen molar-refractivity contribution < 1.29 is 13.5 Å². The van der Waals surface area contributed by atoms with Gasteiger partial charge in [0.1, 0.15) is 5.82 Å². The molecule has 30 heavy (non-hydrogen) atoms. The second-order valence-electron chi connectivity index (χ2n) is 7.43. The number of hydrogen-bond donors (Lipinski definition) is 0. The third kappa shape index (κ3) is 7.45. The Morgan fingerprint density at radius 2 is 1.87 bits per heavy atom. The third-order valence-corrected chi connectivity index (χ3v) is 4.88. The van der Waals surface area contributed by atoms with E-state index in [2.05, 4.69) is 30.4 Å². The molecular weight excluding hydrogens is 382 g/mol. The van der Waals surface area contributed by atoms with Crippen LogP contribution in [-0.4, -0.2) is 22.7 Å². The number of ether oxygens (including phenoxy) is 1. The molecule has 1 aromatic carbocycles. The maximum absolute atomic E-state index is 14.6. The second kappa shape index (κ2) is 13.0. The minimum atomic E-state index is -0.883. The standard InChI is InChI=1S/C25H32F2N2O/c1-4-6-10-16-30-19(3)12-8-7-9-13-20-14-15-22(25(27)24(20)26)21-17-28-23(11-5-2)29-18-21/h5,9,13-15,17-19H,2,4,6-8,10-12,16H2,1,3H3. The van der Waals surface area contributed by atoms with Gasteiger partial charge in [0, 0.05) is 42.1 Å². The second-order valence-corrected chi connectivity index (χ2v) is 7.43. The van der Waals surface area contributed by atoms with Crippen molar-refractivity contribution in [3.05, 3.63) is 66.3 Å². The van der Waals surface area contributed by atoms with Crippen LogP contribution < -0.4 is 0 Å². The number of benzene rings is 1. The van der Waals surface area contributed by atoms with Crippen LogP contribution in [0.3, 0.4) is 0 Å². The minimum absolute atomic E-state index is 0.156. The van der Waals surface area contributed by atoms with E-state index in [-0.39, 0.29) is 17.2 Å². The molecule has 5 heteroatoms. The lowest BCUT2D eigenvalue weighted by molar-refractivity contribution is 0.0566. The Hall–Kier alpha value is -2.40. The molecule has 1 atom stereocenters. The van der Waals surface area contributed by atoms with Crippen LogP contribution in [-0.2, 0) is 11.2 Å². The van der Waals surface area contributed by atoms with E-state index < -0.39 is 11.6 Å². The summed E-state index contributed by atoms with van der Waals surface area (Å²) in [5, 5.41) is 0. The molecule has 3 nitrogen and oxygen atoms in total. The first-order valence-electron chi connectivity index (χ1n) is 10.7. The summed E-state index contributed by atoms with van der Waals surface area (Å²) in [6.45, 7) is 8.70. The molecule has 0 aliphatic rings. The highest BCUT2D eigenvalue weighted by atomic mass is 19.2. The van der Waals surface area contributed by atoms with Gasteiger partial charge in [-0.25, -0.2) is 18.7 Å². The predicted molar refractivity (Wildman–Crippen MR) is 119 cm³/mol. The number of halogens is 2. The molecule has 0 bridgehead atoms. The normalized spacial score (nSPS) is 12.4. The number of aromatic nitrogens is 2. The van der Waals surface area contributed by atoms with Gasteiger partial charge in [0.2, 0.25) is 0 Å². The fourth-order valence-electron chi connectivity index (χ4n) is 3.10. The summed E-state index contributed by atoms with van der Waals surface area (Å²) in [4.78, 5) is 8.31. The Bertz CT molecular complexity index is 819. The number of hydrogen-bond acceptors (Lipinski definition) is 3. The minimum Gasteiger partial charge on any atom is -0.379 e. The highest BCUT2D eigenvalue weighted by Gasteiger charge is 2.14. The van der Waals surface area contributed by atoms with E-state index in [0.717, 1.165) is 32.3 Å². The molecule has 0 spiro atoms. The zero-order valence-electron chi connectivity index (χ0n) is 18.0. The van der Waals surface area contributed by atoms with Crippen LogP contribution in [0.5, 0.6) is 0 Å². The average Bonchev–Trinajstić information content (AvgIpc) is 2.75. The maximum atomic E-state index is 14.6. The lowest BCUT2D eigenvalue weighted by Crippen LogP contribution is -2.08. The van der Waals surface area contributed by atoms with Crippen molar-refractivity contribution in [3.8, 4) is 11.1 Å². The largest absolute Gasteiger partial charge is 0.379 e. The van der Waals surface area contributed by atoms with Gasteiger partial charge in [-0.1, -0.05) is 50.1 Å². The molecule has 0 amide bonds. The zero-order valence-corrected chi connectivity index (χ0v) is 18.0. The Kier molecular flexibility index (Phi) is 10.4. The summed E-state index contributed by atoms with van der Waals surface area (Å²) in [6, 6.07) is 3.15. The molecule has 162 valence electrons. The number of allylic oxidation sites excluding steroid dienone is 2. The first-order chi connectivity index (χ1) is 14.6. The van der Waals surface area contributed by atoms with Gasteiger partial charge in [-0.05, 0) is 32.6 Å². The van der Waals surface area contributed by atoms with Crippen LogP contribution in [0.2, 0.25) is 0 Å². The van der Waals surface area contributed by atoms with Crippen LogP contribution in [0.4, 0.5) is 8.78 Å². The summed E-state index contributed by atoms with van der Waals surface area (Å²) in [7, 11) is 0. The van der Waals surface area contributed by atoms with Gasteiger partial charge >= 0.3 is 0 Å². The van der Waals surface area contributed by atoms with Gasteiger partial charge in [0.05, 0.1) is 6.10 Å². The van der Waals surface area contributed by atoms with E-state index in [4.69, 9.17) is 4.74 Å². The van der Waals surface area contributed by atoms with E-state index in [1.165, 1.54) is 25.2 Å². The third-order valence-electron chi connectivity index (χ3n) is 4.88. The molecule has 0 aliphatic heterocycles. The van der Waals surface area contributed by atoms with Gasteiger partial charge in [-0.15, -0.1) is 6.58 Å². The number of unbranched alkanes of at least 4 members (excludes halogenated alkanes) is 3.